The molecule has 7 nitrogen and oxygen atoms in total. The predicted molar refractivity (Wildman–Crippen MR) is 117 cm³/mol. The van der Waals surface area contributed by atoms with Crippen molar-refractivity contribution in [3.8, 4) is 0 Å². The van der Waals surface area contributed by atoms with Gasteiger partial charge in [-0.3, -0.25) is 9.69 Å². The summed E-state index contributed by atoms with van der Waals surface area (Å²) in [7, 11) is 0. The van der Waals surface area contributed by atoms with E-state index in [-0.39, 0.29) is 18.0 Å². The molecule has 2 aromatic rings. The molecule has 2 aliphatic heterocycles. The first-order valence-corrected chi connectivity index (χ1v) is 12.2. The Morgan fingerprint density at radius 2 is 1.90 bits per heavy atom. The average molecular weight is 433 g/mol. The minimum Gasteiger partial charge on any atom is -0.379 e. The molecule has 1 atom stereocenters. The number of amides is 1. The molecule has 5 rings (SSSR count). The lowest BCUT2D eigenvalue weighted by atomic mass is 9.90. The first-order valence-electron chi connectivity index (χ1n) is 11.4. The zero-order valence-corrected chi connectivity index (χ0v) is 18.6. The summed E-state index contributed by atoms with van der Waals surface area (Å²) >= 11 is 1.57. The Kier molecular flexibility index (Phi) is 6.09. The Labute approximate surface area is 181 Å². The summed E-state index contributed by atoms with van der Waals surface area (Å²) in [5.41, 5.74) is 0.997. The molecule has 0 aromatic carbocycles. The number of fused-ring (bicyclic) bond motifs is 1. The minimum atomic E-state index is 0.0665. The van der Waals surface area contributed by atoms with Crippen LogP contribution in [0, 0.1) is 6.92 Å². The monoisotopic (exact) mass is 432 g/mol. The van der Waals surface area contributed by atoms with Crippen molar-refractivity contribution in [3.63, 3.8) is 0 Å². The van der Waals surface area contributed by atoms with E-state index < -0.39 is 0 Å². The molecule has 1 saturated carbocycles. The third-order valence-corrected chi connectivity index (χ3v) is 7.99. The fourth-order valence-corrected chi connectivity index (χ4v) is 6.27. The highest BCUT2D eigenvalue weighted by Gasteiger charge is 2.29. The molecule has 1 unspecified atom stereocenters. The molecule has 1 N–H and O–H groups in total. The van der Waals surface area contributed by atoms with Crippen LogP contribution in [-0.4, -0.2) is 72.2 Å². The molecule has 2 saturated heterocycles. The zero-order valence-electron chi connectivity index (χ0n) is 17.8. The molecular weight excluding hydrogens is 400 g/mol. The van der Waals surface area contributed by atoms with Crippen molar-refractivity contribution in [2.45, 2.75) is 63.6 Å². The Hall–Kier alpha value is -1.48. The third kappa shape index (κ3) is 4.15. The SMILES string of the molecule is Cc1nn(C2CCCOC2)c2sc(C(=O)NC3CCC(N4CCOCC4)CC3)cc12. The van der Waals surface area contributed by atoms with Crippen LogP contribution in [0.3, 0.4) is 0 Å². The van der Waals surface area contributed by atoms with E-state index >= 15 is 0 Å². The molecule has 1 amide bonds. The Morgan fingerprint density at radius 1 is 1.10 bits per heavy atom. The summed E-state index contributed by atoms with van der Waals surface area (Å²) < 4.78 is 13.2. The van der Waals surface area contributed by atoms with Crippen molar-refractivity contribution in [1.82, 2.24) is 20.0 Å². The molecule has 2 aromatic heterocycles. The van der Waals surface area contributed by atoms with Gasteiger partial charge in [0.15, 0.2) is 0 Å². The number of aryl methyl sites for hydroxylation is 1. The van der Waals surface area contributed by atoms with Gasteiger partial charge in [-0.05, 0) is 51.5 Å². The molecule has 30 heavy (non-hydrogen) atoms. The molecule has 164 valence electrons. The van der Waals surface area contributed by atoms with E-state index in [9.17, 15) is 4.79 Å². The Morgan fingerprint density at radius 3 is 2.63 bits per heavy atom. The van der Waals surface area contributed by atoms with Crippen molar-refractivity contribution >= 4 is 27.5 Å². The lowest BCUT2D eigenvalue weighted by molar-refractivity contribution is 0.00665. The topological polar surface area (TPSA) is 68.6 Å². The number of nitrogens with zero attached hydrogens (tertiary/aromatic N) is 3. The van der Waals surface area contributed by atoms with Gasteiger partial charge < -0.3 is 14.8 Å². The number of carbonyl (C=O) groups is 1. The predicted octanol–water partition coefficient (Wildman–Crippen LogP) is 3.13. The van der Waals surface area contributed by atoms with Crippen LogP contribution in [0.2, 0.25) is 0 Å². The molecule has 3 fully saturated rings. The van der Waals surface area contributed by atoms with Crippen LogP contribution in [0.5, 0.6) is 0 Å². The van der Waals surface area contributed by atoms with Crippen LogP contribution in [0.1, 0.15) is 59.9 Å². The maximum atomic E-state index is 13.0. The van der Waals surface area contributed by atoms with Gasteiger partial charge in [0.1, 0.15) is 4.83 Å². The zero-order chi connectivity index (χ0) is 20.5. The quantitative estimate of drug-likeness (QED) is 0.804. The van der Waals surface area contributed by atoms with Crippen molar-refractivity contribution in [1.29, 1.82) is 0 Å². The molecule has 4 heterocycles. The smallest absolute Gasteiger partial charge is 0.261 e. The van der Waals surface area contributed by atoms with Crippen LogP contribution >= 0.6 is 11.3 Å². The van der Waals surface area contributed by atoms with Gasteiger partial charge in [-0.2, -0.15) is 5.10 Å². The number of carbonyl (C=O) groups excluding carboxylic acids is 1. The standard InChI is InChI=1S/C22H32N4O3S/c1-15-19-13-20(30-22(19)26(24-15)18-3-2-10-29-14-18)21(27)23-16-4-6-17(7-5-16)25-8-11-28-12-9-25/h13,16-18H,2-12,14H2,1H3,(H,23,27). The van der Waals surface area contributed by atoms with Crippen LogP contribution in [-0.2, 0) is 9.47 Å². The van der Waals surface area contributed by atoms with Gasteiger partial charge in [0, 0.05) is 37.2 Å². The molecule has 1 aliphatic carbocycles. The summed E-state index contributed by atoms with van der Waals surface area (Å²) in [5.74, 6) is 0.0665. The number of aromatic nitrogens is 2. The highest BCUT2D eigenvalue weighted by atomic mass is 32.1. The van der Waals surface area contributed by atoms with Crippen LogP contribution < -0.4 is 5.32 Å². The van der Waals surface area contributed by atoms with E-state index in [1.54, 1.807) is 11.3 Å². The lowest BCUT2D eigenvalue weighted by Crippen LogP contribution is -2.47. The van der Waals surface area contributed by atoms with Crippen LogP contribution in [0.25, 0.3) is 10.2 Å². The van der Waals surface area contributed by atoms with Gasteiger partial charge in [0.05, 0.1) is 36.4 Å². The van der Waals surface area contributed by atoms with Crippen molar-refractivity contribution in [2.24, 2.45) is 0 Å². The van der Waals surface area contributed by atoms with Gasteiger partial charge in [0.2, 0.25) is 0 Å². The molecule has 0 radical (unpaired) electrons. The lowest BCUT2D eigenvalue weighted by Gasteiger charge is -2.38. The van der Waals surface area contributed by atoms with Crippen LogP contribution in [0.15, 0.2) is 6.07 Å². The maximum Gasteiger partial charge on any atom is 0.261 e. The number of hydrogen-bond acceptors (Lipinski definition) is 6. The minimum absolute atomic E-state index is 0.0665. The van der Waals surface area contributed by atoms with Gasteiger partial charge >= 0.3 is 0 Å². The van der Waals surface area contributed by atoms with E-state index in [1.165, 1.54) is 0 Å². The van der Waals surface area contributed by atoms with Crippen molar-refractivity contribution in [3.05, 3.63) is 16.6 Å². The summed E-state index contributed by atoms with van der Waals surface area (Å²) in [6.45, 7) is 7.38. The number of rotatable bonds is 4. The second-order valence-electron chi connectivity index (χ2n) is 8.86. The van der Waals surface area contributed by atoms with Crippen LogP contribution in [0.4, 0.5) is 0 Å². The van der Waals surface area contributed by atoms with Crippen molar-refractivity contribution < 1.29 is 14.3 Å². The molecule has 8 heteroatoms. The van der Waals surface area contributed by atoms with Gasteiger partial charge in [0.25, 0.3) is 5.91 Å². The molecular formula is C22H32N4O3S. The number of hydrogen-bond donors (Lipinski definition) is 1. The number of thiophene rings is 1. The number of ether oxygens (including phenoxy) is 2. The second-order valence-corrected chi connectivity index (χ2v) is 9.89. The Bertz CT molecular complexity index is 874. The average Bonchev–Trinajstić information content (AvgIpc) is 3.36. The summed E-state index contributed by atoms with van der Waals surface area (Å²) in [6.07, 6.45) is 6.59. The highest BCUT2D eigenvalue weighted by Crippen LogP contribution is 2.33. The van der Waals surface area contributed by atoms with E-state index in [0.717, 1.165) is 92.2 Å². The summed E-state index contributed by atoms with van der Waals surface area (Å²) in [6, 6.07) is 3.24. The van der Waals surface area contributed by atoms with E-state index in [0.29, 0.717) is 12.6 Å². The van der Waals surface area contributed by atoms with E-state index in [1.807, 2.05) is 13.0 Å². The first-order chi connectivity index (χ1) is 14.7. The molecule has 0 spiro atoms. The number of morpholine rings is 1. The maximum absolute atomic E-state index is 13.0. The fourth-order valence-electron chi connectivity index (χ4n) is 5.13. The summed E-state index contributed by atoms with van der Waals surface area (Å²) in [4.78, 5) is 17.4. The van der Waals surface area contributed by atoms with Crippen molar-refractivity contribution in [2.75, 3.05) is 39.5 Å². The molecule has 3 aliphatic rings. The second kappa shape index (κ2) is 8.94. The largest absolute Gasteiger partial charge is 0.379 e. The summed E-state index contributed by atoms with van der Waals surface area (Å²) in [5, 5.41) is 9.15. The van der Waals surface area contributed by atoms with Gasteiger partial charge in [-0.1, -0.05) is 0 Å². The first kappa shape index (κ1) is 20.4. The fraction of sp³-hybridized carbons (Fsp3) is 0.727. The van der Waals surface area contributed by atoms with Gasteiger partial charge in [-0.15, -0.1) is 11.3 Å². The molecule has 0 bridgehead atoms. The van der Waals surface area contributed by atoms with E-state index in [2.05, 4.69) is 14.9 Å². The van der Waals surface area contributed by atoms with E-state index in [4.69, 9.17) is 14.6 Å². The Balaban J connectivity index is 1.22. The normalized spacial score (nSPS) is 28.6. The van der Waals surface area contributed by atoms with Gasteiger partial charge in [-0.25, -0.2) is 4.68 Å². The number of nitrogens with one attached hydrogen (secondary N) is 1. The third-order valence-electron chi connectivity index (χ3n) is 6.87. The highest BCUT2D eigenvalue weighted by molar-refractivity contribution is 7.20.